The Morgan fingerprint density at radius 3 is 1.91 bits per heavy atom. The lowest BCUT2D eigenvalue weighted by Crippen LogP contribution is -2.47. The summed E-state index contributed by atoms with van der Waals surface area (Å²) in [7, 11) is 3.33. The minimum atomic E-state index is -4.09. The van der Waals surface area contributed by atoms with Gasteiger partial charge in [-0.1, -0.05) is 0 Å². The molecule has 5 nitrogen and oxygen atoms in total. The fourth-order valence-corrected chi connectivity index (χ4v) is 2.60. The molecule has 1 amide bonds. The van der Waals surface area contributed by atoms with Crippen LogP contribution in [-0.2, 0) is 4.79 Å². The van der Waals surface area contributed by atoms with Crippen LogP contribution in [0.25, 0.3) is 0 Å². The van der Waals surface area contributed by atoms with Gasteiger partial charge in [-0.2, -0.15) is 13.2 Å². The summed E-state index contributed by atoms with van der Waals surface area (Å²) in [6.45, 7) is 0.0347. The number of amides is 1. The summed E-state index contributed by atoms with van der Waals surface area (Å²) < 4.78 is 38.1. The van der Waals surface area contributed by atoms with E-state index in [1.807, 2.05) is 0 Å². The van der Waals surface area contributed by atoms with Crippen molar-refractivity contribution in [2.24, 2.45) is 10.9 Å². The van der Waals surface area contributed by atoms with Crippen LogP contribution in [0.15, 0.2) is 4.99 Å². The van der Waals surface area contributed by atoms with E-state index in [1.165, 1.54) is 4.90 Å². The molecule has 0 unspecified atom stereocenters. The number of nitrogens with one attached hydrogen (secondary N) is 2. The average molecular weight is 334 g/mol. The van der Waals surface area contributed by atoms with Gasteiger partial charge in [0.15, 0.2) is 5.96 Å². The summed E-state index contributed by atoms with van der Waals surface area (Å²) in [5, 5.41) is 6.41. The van der Waals surface area contributed by atoms with Crippen molar-refractivity contribution in [2.45, 2.75) is 56.8 Å². The number of carbonyl (C=O) groups excluding carboxylic acids is 1. The summed E-state index contributed by atoms with van der Waals surface area (Å²) in [6, 6.07) is 0.343. The molecule has 2 rings (SSSR count). The third-order valence-corrected chi connectivity index (χ3v) is 4.32. The molecule has 0 aromatic rings. The Kier molecular flexibility index (Phi) is 5.75. The van der Waals surface area contributed by atoms with Crippen LogP contribution >= 0.6 is 0 Å². The Balaban J connectivity index is 1.86. The number of halogens is 3. The van der Waals surface area contributed by atoms with Crippen molar-refractivity contribution in [1.82, 2.24) is 15.5 Å². The zero-order valence-corrected chi connectivity index (χ0v) is 13.6. The van der Waals surface area contributed by atoms with Gasteiger partial charge in [0.2, 0.25) is 5.91 Å². The highest BCUT2D eigenvalue weighted by Crippen LogP contribution is 2.37. The number of hydrogen-bond donors (Lipinski definition) is 2. The SMILES string of the molecule is CN(C)C(=O)CN=C(NC1CC1)NC1CCC(C(F)(F)F)CC1. The van der Waals surface area contributed by atoms with Crippen LogP contribution in [0.3, 0.4) is 0 Å². The van der Waals surface area contributed by atoms with Crippen molar-refractivity contribution < 1.29 is 18.0 Å². The Morgan fingerprint density at radius 1 is 1.04 bits per heavy atom. The molecule has 0 aromatic carbocycles. The van der Waals surface area contributed by atoms with Gasteiger partial charge in [-0.05, 0) is 38.5 Å². The van der Waals surface area contributed by atoms with Gasteiger partial charge < -0.3 is 15.5 Å². The quantitative estimate of drug-likeness (QED) is 0.610. The van der Waals surface area contributed by atoms with E-state index in [9.17, 15) is 18.0 Å². The summed E-state index contributed by atoms with van der Waals surface area (Å²) in [6.07, 6.45) is -0.740. The smallest absolute Gasteiger partial charge is 0.354 e. The highest BCUT2D eigenvalue weighted by Gasteiger charge is 2.41. The maximum absolute atomic E-state index is 12.7. The predicted molar refractivity (Wildman–Crippen MR) is 82.1 cm³/mol. The van der Waals surface area contributed by atoms with Gasteiger partial charge in [-0.3, -0.25) is 4.79 Å². The van der Waals surface area contributed by atoms with Gasteiger partial charge in [0.1, 0.15) is 6.54 Å². The molecular formula is C15H25F3N4O. The molecule has 0 aliphatic heterocycles. The number of nitrogens with zero attached hydrogens (tertiary/aromatic N) is 2. The first-order valence-electron chi connectivity index (χ1n) is 8.10. The largest absolute Gasteiger partial charge is 0.391 e. The monoisotopic (exact) mass is 334 g/mol. The van der Waals surface area contributed by atoms with E-state index in [4.69, 9.17) is 0 Å². The molecule has 2 fully saturated rings. The molecular weight excluding hydrogens is 309 g/mol. The lowest BCUT2D eigenvalue weighted by atomic mass is 9.85. The van der Waals surface area contributed by atoms with Crippen LogP contribution < -0.4 is 10.6 Å². The third-order valence-electron chi connectivity index (χ3n) is 4.32. The standard InChI is InChI=1S/C15H25F3N4O/c1-22(2)13(23)9-19-14(21-12-7-8-12)20-11-5-3-10(4-6-11)15(16,17)18/h10-12H,3-9H2,1-2H3,(H2,19,20,21). The van der Waals surface area contributed by atoms with Gasteiger partial charge in [0.05, 0.1) is 5.92 Å². The van der Waals surface area contributed by atoms with Crippen molar-refractivity contribution in [1.29, 1.82) is 0 Å². The molecule has 0 atom stereocenters. The summed E-state index contributed by atoms with van der Waals surface area (Å²) in [5.41, 5.74) is 0. The third kappa shape index (κ3) is 5.91. The number of likely N-dealkylation sites (N-methyl/N-ethyl adjacent to an activating group) is 1. The molecule has 2 aliphatic carbocycles. The second-order valence-electron chi connectivity index (χ2n) is 6.61. The van der Waals surface area contributed by atoms with Crippen molar-refractivity contribution in [3.05, 3.63) is 0 Å². The molecule has 0 bridgehead atoms. The minimum Gasteiger partial charge on any atom is -0.354 e. The summed E-state index contributed by atoms with van der Waals surface area (Å²) >= 11 is 0. The molecule has 2 N–H and O–H groups in total. The van der Waals surface area contributed by atoms with Crippen LogP contribution in [0.5, 0.6) is 0 Å². The van der Waals surface area contributed by atoms with Crippen molar-refractivity contribution in [3.8, 4) is 0 Å². The maximum Gasteiger partial charge on any atom is 0.391 e. The van der Waals surface area contributed by atoms with Crippen LogP contribution in [0, 0.1) is 5.92 Å². The number of alkyl halides is 3. The molecule has 0 spiro atoms. The van der Waals surface area contributed by atoms with E-state index in [0.717, 1.165) is 12.8 Å². The van der Waals surface area contributed by atoms with Gasteiger partial charge in [-0.15, -0.1) is 0 Å². The summed E-state index contributed by atoms with van der Waals surface area (Å²) in [5.74, 6) is -0.756. The molecule has 2 saturated carbocycles. The van der Waals surface area contributed by atoms with E-state index < -0.39 is 12.1 Å². The van der Waals surface area contributed by atoms with Gasteiger partial charge >= 0.3 is 6.18 Å². The van der Waals surface area contributed by atoms with E-state index >= 15 is 0 Å². The maximum atomic E-state index is 12.7. The first-order chi connectivity index (χ1) is 10.8. The highest BCUT2D eigenvalue weighted by atomic mass is 19.4. The van der Waals surface area contributed by atoms with Crippen molar-refractivity contribution in [3.63, 3.8) is 0 Å². The first kappa shape index (κ1) is 17.9. The predicted octanol–water partition coefficient (Wildman–Crippen LogP) is 1.89. The lowest BCUT2D eigenvalue weighted by Gasteiger charge is -2.31. The highest BCUT2D eigenvalue weighted by molar-refractivity contribution is 5.85. The van der Waals surface area contributed by atoms with Gasteiger partial charge in [-0.25, -0.2) is 4.99 Å². The van der Waals surface area contributed by atoms with Crippen molar-refractivity contribution in [2.75, 3.05) is 20.6 Å². The zero-order valence-electron chi connectivity index (χ0n) is 13.6. The fraction of sp³-hybridized carbons (Fsp3) is 0.867. The van der Waals surface area contributed by atoms with Gasteiger partial charge in [0.25, 0.3) is 0 Å². The molecule has 0 aromatic heterocycles. The van der Waals surface area contributed by atoms with Crippen LogP contribution in [-0.4, -0.2) is 55.7 Å². The topological polar surface area (TPSA) is 56.7 Å². The number of aliphatic imine (C=N–C) groups is 1. The molecule has 23 heavy (non-hydrogen) atoms. The zero-order chi connectivity index (χ0) is 17.0. The van der Waals surface area contributed by atoms with Crippen LogP contribution in [0.4, 0.5) is 13.2 Å². The second kappa shape index (κ2) is 7.40. The fourth-order valence-electron chi connectivity index (χ4n) is 2.60. The Labute approximate surface area is 134 Å². The summed E-state index contributed by atoms with van der Waals surface area (Å²) in [4.78, 5) is 17.4. The Bertz CT molecular complexity index is 438. The molecule has 8 heteroatoms. The minimum absolute atomic E-state index is 0.0203. The van der Waals surface area contributed by atoms with E-state index in [2.05, 4.69) is 15.6 Å². The van der Waals surface area contributed by atoms with Crippen LogP contribution in [0.1, 0.15) is 38.5 Å². The molecule has 132 valence electrons. The van der Waals surface area contributed by atoms with E-state index in [1.54, 1.807) is 14.1 Å². The van der Waals surface area contributed by atoms with E-state index in [0.29, 0.717) is 24.8 Å². The first-order valence-corrected chi connectivity index (χ1v) is 8.10. The van der Waals surface area contributed by atoms with Crippen molar-refractivity contribution >= 4 is 11.9 Å². The second-order valence-corrected chi connectivity index (χ2v) is 6.61. The molecule has 0 heterocycles. The number of hydrogen-bond acceptors (Lipinski definition) is 2. The number of carbonyl (C=O) groups is 1. The lowest BCUT2D eigenvalue weighted by molar-refractivity contribution is -0.182. The number of rotatable bonds is 4. The molecule has 2 aliphatic rings. The normalized spacial score (nSPS) is 25.9. The Hall–Kier alpha value is -1.47. The number of guanidine groups is 1. The Morgan fingerprint density at radius 2 is 1.52 bits per heavy atom. The molecule has 0 saturated heterocycles. The van der Waals surface area contributed by atoms with Crippen LogP contribution in [0.2, 0.25) is 0 Å². The van der Waals surface area contributed by atoms with E-state index in [-0.39, 0.29) is 31.3 Å². The van der Waals surface area contributed by atoms with Gasteiger partial charge in [0, 0.05) is 26.2 Å². The molecule has 0 radical (unpaired) electrons. The average Bonchev–Trinajstić information content (AvgIpc) is 3.28.